The Bertz CT molecular complexity index is 1130. The molecule has 1 aliphatic rings. The van der Waals surface area contributed by atoms with Crippen molar-refractivity contribution >= 4 is 56.3 Å². The number of fused-ring (bicyclic) bond motifs is 1. The molecule has 0 saturated carbocycles. The van der Waals surface area contributed by atoms with Crippen LogP contribution in [-0.2, 0) is 4.79 Å². The molecule has 1 aliphatic heterocycles. The Hall–Kier alpha value is -3.03. The van der Waals surface area contributed by atoms with Crippen LogP contribution in [0.2, 0.25) is 0 Å². The summed E-state index contributed by atoms with van der Waals surface area (Å²) in [5.74, 6) is -0.190. The van der Waals surface area contributed by atoms with Gasteiger partial charge in [-0.2, -0.15) is 0 Å². The second-order valence-electron chi connectivity index (χ2n) is 6.74. The summed E-state index contributed by atoms with van der Waals surface area (Å²) < 4.78 is 0.874. The molecule has 0 saturated heterocycles. The Morgan fingerprint density at radius 2 is 1.67 bits per heavy atom. The minimum atomic E-state index is -0.861. The molecule has 150 valence electrons. The smallest absolute Gasteiger partial charge is 0.272 e. The number of hydrogen-bond acceptors (Lipinski definition) is 3. The van der Waals surface area contributed by atoms with Gasteiger partial charge < -0.3 is 15.5 Å². The van der Waals surface area contributed by atoms with Gasteiger partial charge in [-0.05, 0) is 46.3 Å². The number of nitrogens with one attached hydrogen (secondary N) is 2. The first kappa shape index (κ1) is 20.3. The molecular weight excluding hydrogens is 460 g/mol. The lowest BCUT2D eigenvalue weighted by molar-refractivity contribution is -0.119. The number of aliphatic imine (C=N–C) groups is 1. The predicted octanol–water partition coefficient (Wildman–Crippen LogP) is 4.58. The van der Waals surface area contributed by atoms with E-state index in [1.165, 1.54) is 0 Å². The lowest BCUT2D eigenvalue weighted by Gasteiger charge is -2.22. The highest BCUT2D eigenvalue weighted by molar-refractivity contribution is 9.10. The number of benzene rings is 3. The molecule has 1 atom stereocenters. The summed E-state index contributed by atoms with van der Waals surface area (Å²) in [7, 11) is 1.75. The van der Waals surface area contributed by atoms with Crippen molar-refractivity contribution in [2.45, 2.75) is 6.17 Å². The summed E-state index contributed by atoms with van der Waals surface area (Å²) in [6.07, 6.45) is -0.861. The van der Waals surface area contributed by atoms with Crippen LogP contribution in [0.15, 0.2) is 88.3 Å². The van der Waals surface area contributed by atoms with Crippen molar-refractivity contribution in [1.82, 2.24) is 5.32 Å². The molecule has 0 aliphatic carbocycles. The van der Waals surface area contributed by atoms with Crippen LogP contribution in [0, 0.1) is 0 Å². The van der Waals surface area contributed by atoms with Gasteiger partial charge in [-0.15, -0.1) is 0 Å². The van der Waals surface area contributed by atoms with Gasteiger partial charge in [0.25, 0.3) is 5.91 Å². The summed E-state index contributed by atoms with van der Waals surface area (Å²) in [5, 5.41) is 6.51. The van der Waals surface area contributed by atoms with Gasteiger partial charge in [0.05, 0.1) is 17.1 Å². The van der Waals surface area contributed by atoms with Gasteiger partial charge >= 0.3 is 0 Å². The van der Waals surface area contributed by atoms with E-state index in [1.807, 2.05) is 78.9 Å². The summed E-state index contributed by atoms with van der Waals surface area (Å²) in [6.45, 7) is 0. The first-order valence-electron chi connectivity index (χ1n) is 9.37. The summed E-state index contributed by atoms with van der Waals surface area (Å²) >= 11 is 8.96. The molecule has 0 fully saturated rings. The molecule has 1 heterocycles. The fourth-order valence-electron chi connectivity index (χ4n) is 3.29. The third-order valence-corrected chi connectivity index (χ3v) is 5.69. The molecule has 7 heteroatoms. The largest absolute Gasteiger partial charge is 0.333 e. The van der Waals surface area contributed by atoms with Crippen LogP contribution in [-0.4, -0.2) is 29.9 Å². The van der Waals surface area contributed by atoms with E-state index in [4.69, 9.17) is 17.2 Å². The Kier molecular flexibility index (Phi) is 5.92. The number of likely N-dealkylation sites (N-methyl/N-ethyl adjacent to an activating group) is 1. The standard InChI is InChI=1S/C23H19BrN4OS/c1-28-19-14-8-5-11-16(19)20(15-9-3-2-4-10-15)26-21(22(28)29)27-23(30)25-18-13-7-6-12-17(18)24/h2-14,21H,1H3,(H2,25,27,30). The molecular formula is C23H19BrN4OS. The maximum atomic E-state index is 13.2. The number of rotatable bonds is 3. The van der Waals surface area contributed by atoms with Crippen molar-refractivity contribution in [3.05, 3.63) is 94.5 Å². The SMILES string of the molecule is CN1C(=O)C(NC(=S)Nc2ccccc2Br)N=C(c2ccccc2)c2ccccc21. The molecule has 0 aromatic heterocycles. The minimum Gasteiger partial charge on any atom is -0.333 e. The van der Waals surface area contributed by atoms with E-state index in [9.17, 15) is 4.79 Å². The van der Waals surface area contributed by atoms with Crippen molar-refractivity contribution in [3.63, 3.8) is 0 Å². The Balaban J connectivity index is 1.70. The van der Waals surface area contributed by atoms with Crippen LogP contribution in [0.3, 0.4) is 0 Å². The zero-order valence-corrected chi connectivity index (χ0v) is 18.6. The van der Waals surface area contributed by atoms with Gasteiger partial charge in [0.15, 0.2) is 5.11 Å². The molecule has 1 unspecified atom stereocenters. The average Bonchev–Trinajstić information content (AvgIpc) is 2.87. The predicted molar refractivity (Wildman–Crippen MR) is 129 cm³/mol. The first-order chi connectivity index (χ1) is 14.5. The molecule has 1 amide bonds. The van der Waals surface area contributed by atoms with Crippen LogP contribution >= 0.6 is 28.1 Å². The number of carbonyl (C=O) groups excluding carboxylic acids is 1. The number of halogens is 1. The molecule has 5 nitrogen and oxygen atoms in total. The molecule has 3 aromatic rings. The monoisotopic (exact) mass is 478 g/mol. The number of amides is 1. The third kappa shape index (κ3) is 4.13. The van der Waals surface area contributed by atoms with Crippen LogP contribution in [0.4, 0.5) is 11.4 Å². The van der Waals surface area contributed by atoms with Gasteiger partial charge in [0.2, 0.25) is 6.17 Å². The minimum absolute atomic E-state index is 0.190. The molecule has 2 N–H and O–H groups in total. The molecule has 3 aromatic carbocycles. The van der Waals surface area contributed by atoms with Crippen molar-refractivity contribution in [2.24, 2.45) is 4.99 Å². The van der Waals surface area contributed by atoms with E-state index < -0.39 is 6.17 Å². The summed E-state index contributed by atoms with van der Waals surface area (Å²) in [6, 6.07) is 25.2. The van der Waals surface area contributed by atoms with Crippen molar-refractivity contribution in [2.75, 3.05) is 17.3 Å². The van der Waals surface area contributed by atoms with E-state index in [1.54, 1.807) is 11.9 Å². The Morgan fingerprint density at radius 1 is 1.00 bits per heavy atom. The molecule has 4 rings (SSSR count). The molecule has 0 radical (unpaired) electrons. The number of benzodiazepines with no additional fused rings is 1. The van der Waals surface area contributed by atoms with Gasteiger partial charge in [-0.3, -0.25) is 4.79 Å². The fourth-order valence-corrected chi connectivity index (χ4v) is 3.89. The Morgan fingerprint density at radius 3 is 2.43 bits per heavy atom. The molecule has 0 bridgehead atoms. The van der Waals surface area contributed by atoms with E-state index in [2.05, 4.69) is 26.6 Å². The third-order valence-electron chi connectivity index (χ3n) is 4.78. The highest BCUT2D eigenvalue weighted by atomic mass is 79.9. The molecule has 0 spiro atoms. The topological polar surface area (TPSA) is 56.7 Å². The zero-order valence-electron chi connectivity index (χ0n) is 16.2. The van der Waals surface area contributed by atoms with Gasteiger partial charge in [0, 0.05) is 22.6 Å². The van der Waals surface area contributed by atoms with Crippen molar-refractivity contribution in [3.8, 4) is 0 Å². The van der Waals surface area contributed by atoms with Gasteiger partial charge in [-0.1, -0.05) is 60.7 Å². The number of thiocarbonyl (C=S) groups is 1. The van der Waals surface area contributed by atoms with Crippen LogP contribution < -0.4 is 15.5 Å². The van der Waals surface area contributed by atoms with Crippen LogP contribution in [0.5, 0.6) is 0 Å². The second-order valence-corrected chi connectivity index (χ2v) is 8.00. The van der Waals surface area contributed by atoms with E-state index in [-0.39, 0.29) is 5.91 Å². The Labute approximate surface area is 189 Å². The maximum Gasteiger partial charge on any atom is 0.272 e. The highest BCUT2D eigenvalue weighted by Crippen LogP contribution is 2.27. The van der Waals surface area contributed by atoms with E-state index >= 15 is 0 Å². The van der Waals surface area contributed by atoms with Gasteiger partial charge in [-0.25, -0.2) is 4.99 Å². The zero-order chi connectivity index (χ0) is 21.1. The lowest BCUT2D eigenvalue weighted by atomic mass is 10.0. The average molecular weight is 479 g/mol. The van der Waals surface area contributed by atoms with Crippen molar-refractivity contribution < 1.29 is 4.79 Å². The summed E-state index contributed by atoms with van der Waals surface area (Å²) in [4.78, 5) is 19.6. The normalized spacial score (nSPS) is 15.7. The van der Waals surface area contributed by atoms with E-state index in [0.717, 1.165) is 32.7 Å². The second kappa shape index (κ2) is 8.77. The number of para-hydroxylation sites is 2. The fraction of sp³-hybridized carbons (Fsp3) is 0.0870. The van der Waals surface area contributed by atoms with Gasteiger partial charge in [0.1, 0.15) is 0 Å². The number of hydrogen-bond donors (Lipinski definition) is 2. The maximum absolute atomic E-state index is 13.2. The van der Waals surface area contributed by atoms with E-state index in [0.29, 0.717) is 5.11 Å². The number of nitrogens with zero attached hydrogens (tertiary/aromatic N) is 2. The van der Waals surface area contributed by atoms with Crippen LogP contribution in [0.1, 0.15) is 11.1 Å². The highest BCUT2D eigenvalue weighted by Gasteiger charge is 2.30. The van der Waals surface area contributed by atoms with Crippen LogP contribution in [0.25, 0.3) is 0 Å². The van der Waals surface area contributed by atoms with Crippen molar-refractivity contribution in [1.29, 1.82) is 0 Å². The lowest BCUT2D eigenvalue weighted by Crippen LogP contribution is -2.47. The quantitative estimate of drug-likeness (QED) is 0.541. The number of carbonyl (C=O) groups is 1. The summed E-state index contributed by atoms with van der Waals surface area (Å²) in [5.41, 5.74) is 4.18. The molecule has 30 heavy (non-hydrogen) atoms. The first-order valence-corrected chi connectivity index (χ1v) is 10.6. The number of anilines is 2.